The molecule has 0 aromatic carbocycles. The third kappa shape index (κ3) is 6.61. The van der Waals surface area contributed by atoms with Crippen molar-refractivity contribution in [2.45, 2.75) is 6.92 Å². The largest absolute Gasteiger partial charge is 2.00 e. The first-order valence-corrected chi connectivity index (χ1v) is 2.26. The van der Waals surface area contributed by atoms with Gasteiger partial charge in [0.2, 0.25) is 0 Å². The normalized spacial score (nSPS) is 6.10. The minimum atomic E-state index is 0. The minimum Gasteiger partial charge on any atom is -1.00 e. The molecule has 0 saturated heterocycles. The van der Waals surface area contributed by atoms with Crippen molar-refractivity contribution in [3.63, 3.8) is 0 Å². The molecular formula is C6H7Cl2MgN. The van der Waals surface area contributed by atoms with Crippen molar-refractivity contribution in [2.75, 3.05) is 0 Å². The van der Waals surface area contributed by atoms with Crippen LogP contribution in [0.4, 0.5) is 0 Å². The molecule has 0 bridgehead atoms. The van der Waals surface area contributed by atoms with Crippen molar-refractivity contribution in [2.24, 2.45) is 0 Å². The maximum absolute atomic E-state index is 3.88. The van der Waals surface area contributed by atoms with Gasteiger partial charge in [-0.1, -0.05) is 6.07 Å². The maximum Gasteiger partial charge on any atom is 2.00 e. The Kier molecular flexibility index (Phi) is 16.0. The molecule has 1 aromatic rings. The first kappa shape index (κ1) is 16.8. The quantitative estimate of drug-likeness (QED) is 0.372. The van der Waals surface area contributed by atoms with Gasteiger partial charge < -0.3 is 24.8 Å². The van der Waals surface area contributed by atoms with Crippen LogP contribution in [0.1, 0.15) is 5.56 Å². The number of hydrogen-bond donors (Lipinski definition) is 0. The van der Waals surface area contributed by atoms with Crippen molar-refractivity contribution in [1.29, 1.82) is 0 Å². The molecule has 1 aromatic heterocycles. The van der Waals surface area contributed by atoms with E-state index in [1.54, 1.807) is 6.20 Å². The van der Waals surface area contributed by atoms with Crippen LogP contribution in [0.3, 0.4) is 0 Å². The van der Waals surface area contributed by atoms with E-state index in [1.807, 2.05) is 25.3 Å². The smallest absolute Gasteiger partial charge is 1.00 e. The second-order valence-electron chi connectivity index (χ2n) is 1.53. The van der Waals surface area contributed by atoms with Crippen LogP contribution in [0.2, 0.25) is 0 Å². The molecule has 4 heteroatoms. The molecule has 0 saturated carbocycles. The molecule has 52 valence electrons. The fraction of sp³-hybridized carbons (Fsp3) is 0.167. The van der Waals surface area contributed by atoms with Crippen LogP contribution in [0.5, 0.6) is 0 Å². The van der Waals surface area contributed by atoms with E-state index in [1.165, 1.54) is 5.56 Å². The molecule has 1 rings (SSSR count). The summed E-state index contributed by atoms with van der Waals surface area (Å²) in [6.07, 6.45) is 3.60. The SMILES string of the molecule is Cc1cccnc1.[Cl-].[Cl-].[Mg+2]. The van der Waals surface area contributed by atoms with E-state index < -0.39 is 0 Å². The maximum atomic E-state index is 3.88. The molecule has 0 atom stereocenters. The first-order valence-electron chi connectivity index (χ1n) is 2.26. The predicted octanol–water partition coefficient (Wildman–Crippen LogP) is -4.98. The van der Waals surface area contributed by atoms with E-state index >= 15 is 0 Å². The van der Waals surface area contributed by atoms with Gasteiger partial charge in [-0.3, -0.25) is 4.98 Å². The van der Waals surface area contributed by atoms with Gasteiger partial charge in [0.1, 0.15) is 0 Å². The molecule has 0 fully saturated rings. The van der Waals surface area contributed by atoms with E-state index in [4.69, 9.17) is 0 Å². The monoisotopic (exact) mass is 187 g/mol. The molecule has 0 amide bonds. The Balaban J connectivity index is -0.000000163. The van der Waals surface area contributed by atoms with E-state index in [-0.39, 0.29) is 47.9 Å². The molecule has 0 aliphatic rings. The molecule has 1 heterocycles. The van der Waals surface area contributed by atoms with Crippen molar-refractivity contribution in [3.05, 3.63) is 30.1 Å². The molecular weight excluding hydrogens is 181 g/mol. The summed E-state index contributed by atoms with van der Waals surface area (Å²) in [6.45, 7) is 2.02. The van der Waals surface area contributed by atoms with Crippen LogP contribution in [0.25, 0.3) is 0 Å². The fourth-order valence-corrected chi connectivity index (χ4v) is 0.448. The van der Waals surface area contributed by atoms with Crippen LogP contribution in [-0.4, -0.2) is 28.0 Å². The van der Waals surface area contributed by atoms with Crippen LogP contribution < -0.4 is 24.8 Å². The van der Waals surface area contributed by atoms with Crippen LogP contribution in [-0.2, 0) is 0 Å². The summed E-state index contributed by atoms with van der Waals surface area (Å²) < 4.78 is 0. The zero-order valence-electron chi connectivity index (χ0n) is 5.72. The summed E-state index contributed by atoms with van der Waals surface area (Å²) in [4.78, 5) is 3.88. The van der Waals surface area contributed by atoms with Crippen LogP contribution in [0, 0.1) is 6.92 Å². The Morgan fingerprint density at radius 2 is 1.90 bits per heavy atom. The van der Waals surface area contributed by atoms with Gasteiger partial charge in [-0.25, -0.2) is 0 Å². The summed E-state index contributed by atoms with van der Waals surface area (Å²) in [5, 5.41) is 0. The third-order valence-corrected chi connectivity index (χ3v) is 0.809. The molecule has 10 heavy (non-hydrogen) atoms. The molecule has 0 radical (unpaired) electrons. The van der Waals surface area contributed by atoms with E-state index in [0.717, 1.165) is 0 Å². The second-order valence-corrected chi connectivity index (χ2v) is 1.53. The van der Waals surface area contributed by atoms with Crippen molar-refractivity contribution in [3.8, 4) is 0 Å². The van der Waals surface area contributed by atoms with E-state index in [2.05, 4.69) is 4.98 Å². The zero-order valence-corrected chi connectivity index (χ0v) is 8.65. The zero-order chi connectivity index (χ0) is 5.11. The fourth-order valence-electron chi connectivity index (χ4n) is 0.448. The predicted molar refractivity (Wildman–Crippen MR) is 34.7 cm³/mol. The van der Waals surface area contributed by atoms with Gasteiger partial charge in [-0.05, 0) is 18.6 Å². The first-order chi connectivity index (χ1) is 3.39. The van der Waals surface area contributed by atoms with Gasteiger partial charge in [-0.15, -0.1) is 0 Å². The van der Waals surface area contributed by atoms with Crippen molar-refractivity contribution in [1.82, 2.24) is 4.98 Å². The number of halogens is 2. The average molecular weight is 188 g/mol. The number of nitrogens with zero attached hydrogens (tertiary/aromatic N) is 1. The number of aryl methyl sites for hydroxylation is 1. The van der Waals surface area contributed by atoms with Crippen LogP contribution in [0.15, 0.2) is 24.5 Å². The molecule has 0 N–H and O–H groups in total. The Bertz CT molecular complexity index is 146. The third-order valence-electron chi connectivity index (χ3n) is 0.809. The van der Waals surface area contributed by atoms with Gasteiger partial charge in [0.05, 0.1) is 0 Å². The number of pyridine rings is 1. The summed E-state index contributed by atoms with van der Waals surface area (Å²) in [5.74, 6) is 0. The molecule has 0 unspecified atom stereocenters. The summed E-state index contributed by atoms with van der Waals surface area (Å²) in [6, 6.07) is 3.95. The Labute approximate surface area is 89.6 Å². The summed E-state index contributed by atoms with van der Waals surface area (Å²) >= 11 is 0. The minimum absolute atomic E-state index is 0. The van der Waals surface area contributed by atoms with Gasteiger partial charge in [0.25, 0.3) is 0 Å². The average Bonchev–Trinajstić information content (AvgIpc) is 1.69. The molecule has 1 nitrogen and oxygen atoms in total. The van der Waals surface area contributed by atoms with Gasteiger partial charge in [0.15, 0.2) is 0 Å². The van der Waals surface area contributed by atoms with Gasteiger partial charge in [-0.2, -0.15) is 0 Å². The number of rotatable bonds is 0. The molecule has 0 aliphatic carbocycles. The number of aromatic nitrogens is 1. The topological polar surface area (TPSA) is 12.9 Å². The summed E-state index contributed by atoms with van der Waals surface area (Å²) in [5.41, 5.74) is 1.21. The van der Waals surface area contributed by atoms with E-state index in [9.17, 15) is 0 Å². The van der Waals surface area contributed by atoms with Crippen molar-refractivity contribution < 1.29 is 24.8 Å². The molecule has 0 aliphatic heterocycles. The molecule has 0 spiro atoms. The van der Waals surface area contributed by atoms with Gasteiger partial charge >= 0.3 is 23.1 Å². The van der Waals surface area contributed by atoms with Crippen molar-refractivity contribution >= 4 is 23.1 Å². The second kappa shape index (κ2) is 9.50. The Hall–Kier alpha value is 0.496. The Morgan fingerprint density at radius 3 is 2.10 bits per heavy atom. The van der Waals surface area contributed by atoms with E-state index in [0.29, 0.717) is 0 Å². The van der Waals surface area contributed by atoms with Gasteiger partial charge in [0, 0.05) is 12.4 Å². The Morgan fingerprint density at radius 1 is 1.30 bits per heavy atom. The number of hydrogen-bond acceptors (Lipinski definition) is 1. The standard InChI is InChI=1S/C6H7N.2ClH.Mg/c1-6-3-2-4-7-5-6;;;/h2-5H,1H3;2*1H;/q;;;+2/p-2. The van der Waals surface area contributed by atoms with Crippen LogP contribution >= 0.6 is 0 Å². The summed E-state index contributed by atoms with van der Waals surface area (Å²) in [7, 11) is 0.